The zero-order valence-corrected chi connectivity index (χ0v) is 14.6. The molecule has 0 aliphatic carbocycles. The summed E-state index contributed by atoms with van der Waals surface area (Å²) in [6.07, 6.45) is 0. The number of hydrogen-bond donors (Lipinski definition) is 3. The lowest BCUT2D eigenvalue weighted by Crippen LogP contribution is -2.32. The number of likely N-dealkylation sites (N-methyl/N-ethyl adjacent to an activating group) is 1. The van der Waals surface area contributed by atoms with E-state index >= 15 is 0 Å². The first-order valence-corrected chi connectivity index (χ1v) is 7.99. The van der Waals surface area contributed by atoms with Gasteiger partial charge in [-0.25, -0.2) is 19.5 Å². The largest absolute Gasteiger partial charge is 0.331 e. The van der Waals surface area contributed by atoms with Crippen LogP contribution < -0.4 is 15.5 Å². The number of amides is 5. The quantitative estimate of drug-likeness (QED) is 0.714. The minimum atomic E-state index is -0.451. The van der Waals surface area contributed by atoms with Gasteiger partial charge in [0.2, 0.25) is 0 Å². The van der Waals surface area contributed by atoms with E-state index in [1.807, 2.05) is 0 Å². The van der Waals surface area contributed by atoms with Crippen LogP contribution in [0.3, 0.4) is 0 Å². The third-order valence-electron chi connectivity index (χ3n) is 3.85. The van der Waals surface area contributed by atoms with Gasteiger partial charge < -0.3 is 15.5 Å². The summed E-state index contributed by atoms with van der Waals surface area (Å²) in [7, 11) is 1.56. The average Bonchev–Trinajstić information content (AvgIpc) is 3.11. The number of nitrogens with zero attached hydrogens (tertiary/aromatic N) is 4. The van der Waals surface area contributed by atoms with E-state index in [0.717, 1.165) is 4.90 Å². The van der Waals surface area contributed by atoms with Crippen LogP contribution in [0.1, 0.15) is 24.6 Å². The molecule has 3 rings (SSSR count). The van der Waals surface area contributed by atoms with Gasteiger partial charge in [-0.15, -0.1) is 0 Å². The number of urea groups is 2. The third kappa shape index (κ3) is 3.48. The van der Waals surface area contributed by atoms with E-state index < -0.39 is 18.1 Å². The summed E-state index contributed by atoms with van der Waals surface area (Å²) in [5, 5.41) is 12.1. The predicted molar refractivity (Wildman–Crippen MR) is 93.6 cm³/mol. The molecule has 0 unspecified atom stereocenters. The fraction of sp³-hybridized carbons (Fsp3) is 0.312. The van der Waals surface area contributed by atoms with Crippen LogP contribution in [0.25, 0.3) is 0 Å². The Balaban J connectivity index is 1.68. The molecule has 0 saturated carbocycles. The van der Waals surface area contributed by atoms with E-state index in [4.69, 9.17) is 0 Å². The Morgan fingerprint density at radius 3 is 2.73 bits per heavy atom. The Labute approximate surface area is 149 Å². The first kappa shape index (κ1) is 17.4. The molecular weight excluding hydrogens is 338 g/mol. The summed E-state index contributed by atoms with van der Waals surface area (Å²) in [4.78, 5) is 42.8. The molecule has 1 saturated heterocycles. The minimum absolute atomic E-state index is 0.0323. The molecule has 0 spiro atoms. The molecular formula is C16H19N7O3. The van der Waals surface area contributed by atoms with Gasteiger partial charge in [-0.05, 0) is 32.0 Å². The number of aromatic nitrogens is 3. The molecule has 1 aromatic heterocycles. The van der Waals surface area contributed by atoms with Gasteiger partial charge in [0, 0.05) is 12.7 Å². The first-order chi connectivity index (χ1) is 12.3. The Hall–Kier alpha value is -3.43. The number of hydrogen-bond acceptors (Lipinski definition) is 5. The number of rotatable bonds is 4. The highest BCUT2D eigenvalue weighted by molar-refractivity contribution is 6.19. The highest BCUT2D eigenvalue weighted by Gasteiger charge is 2.34. The zero-order chi connectivity index (χ0) is 18.8. The van der Waals surface area contributed by atoms with Crippen LogP contribution in [0, 0.1) is 6.92 Å². The predicted octanol–water partition coefficient (Wildman–Crippen LogP) is 1.39. The molecule has 1 fully saturated rings. The normalized spacial score (nSPS) is 15.3. The Kier molecular flexibility index (Phi) is 4.57. The van der Waals surface area contributed by atoms with Crippen LogP contribution in [-0.2, 0) is 4.79 Å². The number of aromatic amines is 1. The molecule has 1 aromatic carbocycles. The molecule has 2 heterocycles. The van der Waals surface area contributed by atoms with Crippen molar-refractivity contribution in [1.29, 1.82) is 0 Å². The summed E-state index contributed by atoms with van der Waals surface area (Å²) < 4.78 is 0. The Morgan fingerprint density at radius 1 is 1.35 bits per heavy atom. The highest BCUT2D eigenvalue weighted by atomic mass is 16.2. The average molecular weight is 357 g/mol. The summed E-state index contributed by atoms with van der Waals surface area (Å²) >= 11 is 0. The molecule has 1 atom stereocenters. The molecule has 0 radical (unpaired) electrons. The summed E-state index contributed by atoms with van der Waals surface area (Å²) in [6.45, 7) is 3.56. The number of H-pyrrole nitrogens is 1. The van der Waals surface area contributed by atoms with Crippen LogP contribution in [0.5, 0.6) is 0 Å². The van der Waals surface area contributed by atoms with Crippen molar-refractivity contribution in [2.24, 2.45) is 0 Å². The van der Waals surface area contributed by atoms with Crippen molar-refractivity contribution in [1.82, 2.24) is 25.4 Å². The molecule has 1 aliphatic heterocycles. The van der Waals surface area contributed by atoms with Gasteiger partial charge in [0.1, 0.15) is 12.4 Å². The number of nitrogens with one attached hydrogen (secondary N) is 3. The molecule has 26 heavy (non-hydrogen) atoms. The Bertz CT molecular complexity index is 863. The monoisotopic (exact) mass is 357 g/mol. The van der Waals surface area contributed by atoms with Crippen molar-refractivity contribution in [2.45, 2.75) is 19.9 Å². The summed E-state index contributed by atoms with van der Waals surface area (Å²) in [6, 6.07) is 5.29. The lowest BCUT2D eigenvalue weighted by Gasteiger charge is -2.16. The van der Waals surface area contributed by atoms with Crippen LogP contribution in [0.4, 0.5) is 21.0 Å². The lowest BCUT2D eigenvalue weighted by molar-refractivity contribution is -0.116. The van der Waals surface area contributed by atoms with Gasteiger partial charge in [0.05, 0.1) is 11.7 Å². The molecule has 136 valence electrons. The van der Waals surface area contributed by atoms with Crippen LogP contribution in [0.2, 0.25) is 0 Å². The van der Waals surface area contributed by atoms with Crippen LogP contribution in [0.15, 0.2) is 24.3 Å². The van der Waals surface area contributed by atoms with Crippen molar-refractivity contribution < 1.29 is 14.4 Å². The second kappa shape index (κ2) is 6.82. The van der Waals surface area contributed by atoms with Gasteiger partial charge in [0.25, 0.3) is 5.91 Å². The van der Waals surface area contributed by atoms with Crippen LogP contribution in [-0.4, -0.2) is 51.6 Å². The van der Waals surface area contributed by atoms with Gasteiger partial charge in [-0.2, -0.15) is 5.10 Å². The second-order valence-electron chi connectivity index (χ2n) is 6.02. The lowest BCUT2D eigenvalue weighted by atomic mass is 10.2. The van der Waals surface area contributed by atoms with Gasteiger partial charge in [-0.1, -0.05) is 6.07 Å². The van der Waals surface area contributed by atoms with Crippen molar-refractivity contribution in [3.63, 3.8) is 0 Å². The van der Waals surface area contributed by atoms with Gasteiger partial charge >= 0.3 is 12.1 Å². The molecule has 5 amide bonds. The maximum atomic E-state index is 12.2. The van der Waals surface area contributed by atoms with E-state index in [1.165, 1.54) is 4.90 Å². The number of aryl methyl sites for hydroxylation is 1. The Morgan fingerprint density at radius 2 is 2.12 bits per heavy atom. The van der Waals surface area contributed by atoms with Crippen molar-refractivity contribution in [2.75, 3.05) is 23.8 Å². The van der Waals surface area contributed by atoms with E-state index in [0.29, 0.717) is 23.0 Å². The van der Waals surface area contributed by atoms with Crippen LogP contribution >= 0.6 is 0 Å². The number of carbonyl (C=O) groups excluding carboxylic acids is 3. The third-order valence-corrected chi connectivity index (χ3v) is 3.85. The molecule has 1 aliphatic rings. The van der Waals surface area contributed by atoms with Gasteiger partial charge in [0.15, 0.2) is 5.82 Å². The smallest absolute Gasteiger partial charge is 0.328 e. The van der Waals surface area contributed by atoms with E-state index in [-0.39, 0.29) is 12.5 Å². The standard InChI is InChI=1S/C16H19N7O3/c1-9(14-18-10(2)20-21-14)17-15(25)19-11-5-4-6-12(7-11)23-13(24)8-22(3)16(23)26/h4-7,9H,8H2,1-3H3,(H2,17,19,25)(H,18,20,21)/t9-/m1/s1. The zero-order valence-electron chi connectivity index (χ0n) is 14.6. The molecule has 10 nitrogen and oxygen atoms in total. The molecule has 2 aromatic rings. The first-order valence-electron chi connectivity index (χ1n) is 7.99. The van der Waals surface area contributed by atoms with E-state index in [1.54, 1.807) is 45.2 Å². The van der Waals surface area contributed by atoms with Crippen molar-refractivity contribution in [3.8, 4) is 0 Å². The minimum Gasteiger partial charge on any atom is -0.328 e. The topological polar surface area (TPSA) is 123 Å². The van der Waals surface area contributed by atoms with Crippen molar-refractivity contribution >= 4 is 29.3 Å². The number of carbonyl (C=O) groups is 3. The molecule has 10 heteroatoms. The fourth-order valence-corrected chi connectivity index (χ4v) is 2.58. The number of imide groups is 1. The van der Waals surface area contributed by atoms with Crippen molar-refractivity contribution in [3.05, 3.63) is 35.9 Å². The number of benzene rings is 1. The maximum Gasteiger partial charge on any atom is 0.331 e. The van der Waals surface area contributed by atoms with E-state index in [2.05, 4.69) is 25.8 Å². The second-order valence-corrected chi connectivity index (χ2v) is 6.02. The SMILES string of the molecule is Cc1nc([C@@H](C)NC(=O)Nc2cccc(N3C(=O)CN(C)C3=O)c2)n[nH]1. The molecule has 3 N–H and O–H groups in total. The molecule has 0 bridgehead atoms. The van der Waals surface area contributed by atoms with Gasteiger partial charge in [-0.3, -0.25) is 9.89 Å². The fourth-order valence-electron chi connectivity index (χ4n) is 2.58. The maximum absolute atomic E-state index is 12.2. The van der Waals surface area contributed by atoms with E-state index in [9.17, 15) is 14.4 Å². The number of anilines is 2. The highest BCUT2D eigenvalue weighted by Crippen LogP contribution is 2.23. The summed E-state index contributed by atoms with van der Waals surface area (Å²) in [5.41, 5.74) is 0.855. The summed E-state index contributed by atoms with van der Waals surface area (Å²) in [5.74, 6) is 0.821.